The Morgan fingerprint density at radius 1 is 1.50 bits per heavy atom. The van der Waals surface area contributed by atoms with Gasteiger partial charge in [0.1, 0.15) is 0 Å². The number of rotatable bonds is 7. The maximum Gasteiger partial charge on any atom is 0.0847 e. The molecule has 1 saturated heterocycles. The first-order chi connectivity index (χ1) is 9.67. The summed E-state index contributed by atoms with van der Waals surface area (Å²) in [6, 6.07) is 0.515. The monoisotopic (exact) mass is 315 g/mol. The van der Waals surface area contributed by atoms with Crippen LogP contribution in [0.3, 0.4) is 0 Å². The summed E-state index contributed by atoms with van der Waals surface area (Å²) < 4.78 is 2.07. The molecule has 2 heterocycles. The second kappa shape index (κ2) is 7.71. The lowest BCUT2D eigenvalue weighted by Gasteiger charge is -2.24. The van der Waals surface area contributed by atoms with Crippen molar-refractivity contribution in [2.45, 2.75) is 64.3 Å². The predicted molar refractivity (Wildman–Crippen MR) is 88.9 cm³/mol. The zero-order valence-corrected chi connectivity index (χ0v) is 14.4. The molecule has 5 heteroatoms. The van der Waals surface area contributed by atoms with Gasteiger partial charge in [-0.3, -0.25) is 4.68 Å². The average Bonchev–Trinajstić information content (AvgIpc) is 3.06. The Bertz CT molecular complexity index is 427. The van der Waals surface area contributed by atoms with Crippen LogP contribution in [-0.4, -0.2) is 33.4 Å². The smallest absolute Gasteiger partial charge is 0.0847 e. The fraction of sp³-hybridized carbons (Fsp3) is 0.800. The number of aryl methyl sites for hydroxylation is 2. The molecule has 0 aliphatic carbocycles. The molecule has 2 unspecified atom stereocenters. The highest BCUT2D eigenvalue weighted by molar-refractivity contribution is 8.00. The number of nitrogens with one attached hydrogen (secondary N) is 1. The minimum atomic E-state index is 0.515. The second-order valence-electron chi connectivity index (χ2n) is 5.48. The van der Waals surface area contributed by atoms with Gasteiger partial charge in [-0.2, -0.15) is 16.9 Å². The minimum Gasteiger partial charge on any atom is -0.312 e. The van der Waals surface area contributed by atoms with Gasteiger partial charge in [-0.05, 0) is 45.4 Å². The third-order valence-electron chi connectivity index (χ3n) is 3.94. The molecule has 0 spiro atoms. The highest BCUT2D eigenvalue weighted by Crippen LogP contribution is 2.31. The molecule has 20 heavy (non-hydrogen) atoms. The van der Waals surface area contributed by atoms with E-state index in [9.17, 15) is 0 Å². The topological polar surface area (TPSA) is 29.9 Å². The Morgan fingerprint density at radius 3 is 2.90 bits per heavy atom. The van der Waals surface area contributed by atoms with Crippen LogP contribution >= 0.6 is 23.4 Å². The third-order valence-corrected chi connectivity index (χ3v) is 5.94. The van der Waals surface area contributed by atoms with E-state index in [-0.39, 0.29) is 0 Å². The third kappa shape index (κ3) is 3.71. The van der Waals surface area contributed by atoms with Crippen molar-refractivity contribution in [1.82, 2.24) is 15.1 Å². The van der Waals surface area contributed by atoms with E-state index in [0.717, 1.165) is 35.5 Å². The fourth-order valence-corrected chi connectivity index (χ4v) is 4.46. The summed E-state index contributed by atoms with van der Waals surface area (Å²) in [6.07, 6.45) is 4.83. The molecule has 1 aliphatic heterocycles. The molecular formula is C15H26ClN3S. The van der Waals surface area contributed by atoms with Crippen LogP contribution in [0.25, 0.3) is 0 Å². The number of hydrogen-bond acceptors (Lipinski definition) is 3. The SMILES string of the molecule is CCCNC(Cc1c(Cl)c(C)nn1CC)C1CCCS1. The molecule has 3 nitrogen and oxygen atoms in total. The number of nitrogens with zero attached hydrogens (tertiary/aromatic N) is 2. The lowest BCUT2D eigenvalue weighted by Crippen LogP contribution is -2.40. The molecule has 2 atom stereocenters. The van der Waals surface area contributed by atoms with E-state index >= 15 is 0 Å². The van der Waals surface area contributed by atoms with Gasteiger partial charge in [0.25, 0.3) is 0 Å². The average molecular weight is 316 g/mol. The van der Waals surface area contributed by atoms with Crippen LogP contribution < -0.4 is 5.32 Å². The van der Waals surface area contributed by atoms with E-state index in [0.29, 0.717) is 6.04 Å². The van der Waals surface area contributed by atoms with Gasteiger partial charge in [0.2, 0.25) is 0 Å². The van der Waals surface area contributed by atoms with Gasteiger partial charge >= 0.3 is 0 Å². The van der Waals surface area contributed by atoms with Crippen molar-refractivity contribution in [1.29, 1.82) is 0 Å². The maximum atomic E-state index is 6.46. The Morgan fingerprint density at radius 2 is 2.30 bits per heavy atom. The van der Waals surface area contributed by atoms with E-state index in [1.54, 1.807) is 0 Å². The van der Waals surface area contributed by atoms with E-state index in [2.05, 4.69) is 40.7 Å². The first kappa shape index (κ1) is 16.2. The second-order valence-corrected chi connectivity index (χ2v) is 7.20. The van der Waals surface area contributed by atoms with Crippen LogP contribution in [0, 0.1) is 6.92 Å². The number of aromatic nitrogens is 2. The molecule has 0 saturated carbocycles. The molecule has 1 N–H and O–H groups in total. The van der Waals surface area contributed by atoms with Crippen LogP contribution in [0.2, 0.25) is 5.02 Å². The van der Waals surface area contributed by atoms with E-state index < -0.39 is 0 Å². The highest BCUT2D eigenvalue weighted by atomic mass is 35.5. The molecule has 0 amide bonds. The molecule has 0 radical (unpaired) electrons. The molecule has 1 fully saturated rings. The number of thioether (sulfide) groups is 1. The first-order valence-electron chi connectivity index (χ1n) is 7.74. The normalized spacial score (nSPS) is 20.5. The van der Waals surface area contributed by atoms with Gasteiger partial charge in [-0.15, -0.1) is 0 Å². The summed E-state index contributed by atoms with van der Waals surface area (Å²) in [5.74, 6) is 1.30. The van der Waals surface area contributed by atoms with Crippen molar-refractivity contribution in [3.63, 3.8) is 0 Å². The highest BCUT2D eigenvalue weighted by Gasteiger charge is 2.27. The largest absolute Gasteiger partial charge is 0.312 e. The Balaban J connectivity index is 2.13. The van der Waals surface area contributed by atoms with Gasteiger partial charge in [-0.1, -0.05) is 18.5 Å². The summed E-state index contributed by atoms with van der Waals surface area (Å²) in [6.45, 7) is 8.32. The van der Waals surface area contributed by atoms with Crippen molar-refractivity contribution < 1.29 is 0 Å². The van der Waals surface area contributed by atoms with E-state index in [1.807, 2.05) is 6.92 Å². The predicted octanol–water partition coefficient (Wildman–Crippen LogP) is 3.67. The van der Waals surface area contributed by atoms with Crippen LogP contribution in [-0.2, 0) is 13.0 Å². The van der Waals surface area contributed by atoms with Crippen molar-refractivity contribution in [2.24, 2.45) is 0 Å². The van der Waals surface area contributed by atoms with Gasteiger partial charge in [0.05, 0.1) is 16.4 Å². The molecule has 0 bridgehead atoms. The molecule has 1 aliphatic rings. The standard InChI is InChI=1S/C15H26ClN3S/c1-4-8-17-12(14-7-6-9-20-14)10-13-15(16)11(3)18-19(13)5-2/h12,14,17H,4-10H2,1-3H3. The maximum absolute atomic E-state index is 6.46. The van der Waals surface area contributed by atoms with Crippen molar-refractivity contribution in [2.75, 3.05) is 12.3 Å². The van der Waals surface area contributed by atoms with Crippen molar-refractivity contribution in [3.8, 4) is 0 Å². The molecule has 1 aromatic rings. The van der Waals surface area contributed by atoms with Crippen LogP contribution in [0.1, 0.15) is 44.5 Å². The van der Waals surface area contributed by atoms with Gasteiger partial charge in [0, 0.05) is 24.3 Å². The lowest BCUT2D eigenvalue weighted by molar-refractivity contribution is 0.465. The quantitative estimate of drug-likeness (QED) is 0.832. The Labute approximate surface area is 131 Å². The van der Waals surface area contributed by atoms with E-state index in [4.69, 9.17) is 11.6 Å². The summed E-state index contributed by atoms with van der Waals surface area (Å²) in [7, 11) is 0. The number of halogens is 1. The summed E-state index contributed by atoms with van der Waals surface area (Å²) >= 11 is 8.57. The van der Waals surface area contributed by atoms with Gasteiger partial charge < -0.3 is 5.32 Å². The molecule has 114 valence electrons. The van der Waals surface area contributed by atoms with Crippen molar-refractivity contribution >= 4 is 23.4 Å². The van der Waals surface area contributed by atoms with Gasteiger partial charge in [-0.25, -0.2) is 0 Å². The molecule has 0 aromatic carbocycles. The van der Waals surface area contributed by atoms with Gasteiger partial charge in [0.15, 0.2) is 0 Å². The summed E-state index contributed by atoms with van der Waals surface area (Å²) in [5, 5.41) is 9.85. The lowest BCUT2D eigenvalue weighted by atomic mass is 10.0. The van der Waals surface area contributed by atoms with Crippen molar-refractivity contribution in [3.05, 3.63) is 16.4 Å². The summed E-state index contributed by atoms with van der Waals surface area (Å²) in [4.78, 5) is 0. The van der Waals surface area contributed by atoms with Crippen LogP contribution in [0.4, 0.5) is 0 Å². The minimum absolute atomic E-state index is 0.515. The van der Waals surface area contributed by atoms with E-state index in [1.165, 1.54) is 30.7 Å². The molecule has 1 aromatic heterocycles. The Hall–Kier alpha value is -0.190. The summed E-state index contributed by atoms with van der Waals surface area (Å²) in [5.41, 5.74) is 2.16. The first-order valence-corrected chi connectivity index (χ1v) is 9.16. The van der Waals surface area contributed by atoms with Crippen LogP contribution in [0.15, 0.2) is 0 Å². The fourth-order valence-electron chi connectivity index (χ4n) is 2.86. The van der Waals surface area contributed by atoms with Crippen LogP contribution in [0.5, 0.6) is 0 Å². The zero-order valence-electron chi connectivity index (χ0n) is 12.8. The molecular weight excluding hydrogens is 290 g/mol. The number of hydrogen-bond donors (Lipinski definition) is 1. The molecule has 2 rings (SSSR count). The Kier molecular flexibility index (Phi) is 6.24. The zero-order chi connectivity index (χ0) is 14.5.